The summed E-state index contributed by atoms with van der Waals surface area (Å²) in [5.41, 5.74) is 1.77. The lowest BCUT2D eigenvalue weighted by molar-refractivity contribution is 0.108. The van der Waals surface area contributed by atoms with Crippen molar-refractivity contribution in [3.63, 3.8) is 0 Å². The molecule has 0 saturated heterocycles. The van der Waals surface area contributed by atoms with Crippen LogP contribution in [0.15, 0.2) is 36.8 Å². The highest BCUT2D eigenvalue weighted by molar-refractivity contribution is 6.68. The summed E-state index contributed by atoms with van der Waals surface area (Å²) >= 11 is 11.3. The van der Waals surface area contributed by atoms with Crippen LogP contribution in [0.2, 0.25) is 5.02 Å². The predicted molar refractivity (Wildman–Crippen MR) is 62.7 cm³/mol. The van der Waals surface area contributed by atoms with E-state index in [4.69, 9.17) is 23.2 Å². The lowest BCUT2D eigenvalue weighted by Crippen LogP contribution is -1.91. The van der Waals surface area contributed by atoms with E-state index in [0.29, 0.717) is 10.7 Å². The summed E-state index contributed by atoms with van der Waals surface area (Å²) < 4.78 is 0. The van der Waals surface area contributed by atoms with Gasteiger partial charge in [0.1, 0.15) is 0 Å². The molecule has 0 saturated carbocycles. The Morgan fingerprint density at radius 2 is 2.06 bits per heavy atom. The van der Waals surface area contributed by atoms with E-state index in [9.17, 15) is 4.79 Å². The molecule has 0 aliphatic carbocycles. The Kier molecular flexibility index (Phi) is 3.17. The van der Waals surface area contributed by atoms with Gasteiger partial charge in [-0.3, -0.25) is 14.8 Å². The Balaban J connectivity index is 2.46. The molecule has 0 atom stereocenters. The van der Waals surface area contributed by atoms with E-state index in [-0.39, 0.29) is 5.56 Å². The van der Waals surface area contributed by atoms with Gasteiger partial charge in [0.15, 0.2) is 0 Å². The van der Waals surface area contributed by atoms with Gasteiger partial charge in [0, 0.05) is 18.0 Å². The van der Waals surface area contributed by atoms with E-state index in [1.54, 1.807) is 36.8 Å². The third kappa shape index (κ3) is 2.21. The zero-order chi connectivity index (χ0) is 11.5. The van der Waals surface area contributed by atoms with Gasteiger partial charge in [0.2, 0.25) is 0 Å². The van der Waals surface area contributed by atoms with Gasteiger partial charge >= 0.3 is 0 Å². The number of halogens is 2. The topological polar surface area (TPSA) is 42.9 Å². The van der Waals surface area contributed by atoms with Crippen molar-refractivity contribution in [1.82, 2.24) is 9.97 Å². The molecule has 0 radical (unpaired) electrons. The Labute approximate surface area is 102 Å². The van der Waals surface area contributed by atoms with Crippen molar-refractivity contribution in [3.05, 3.63) is 47.4 Å². The highest BCUT2D eigenvalue weighted by atomic mass is 35.5. The van der Waals surface area contributed by atoms with Crippen LogP contribution >= 0.6 is 23.2 Å². The Morgan fingerprint density at radius 3 is 2.62 bits per heavy atom. The molecule has 1 heterocycles. The first-order valence-corrected chi connectivity index (χ1v) is 5.20. The summed E-state index contributed by atoms with van der Waals surface area (Å²) in [5, 5.41) is -0.265. The molecule has 2 aromatic rings. The normalized spacial score (nSPS) is 10.1. The van der Waals surface area contributed by atoms with Crippen molar-refractivity contribution < 1.29 is 4.79 Å². The lowest BCUT2D eigenvalue weighted by Gasteiger charge is -2.02. The molecule has 0 amide bonds. The number of hydrogen-bond donors (Lipinski definition) is 0. The molecule has 1 aromatic carbocycles. The zero-order valence-corrected chi connectivity index (χ0v) is 9.53. The Bertz CT molecular complexity index is 529. The zero-order valence-electron chi connectivity index (χ0n) is 8.02. The number of hydrogen-bond acceptors (Lipinski definition) is 3. The molecular formula is C11H6Cl2N2O. The first-order chi connectivity index (χ1) is 7.68. The summed E-state index contributed by atoms with van der Waals surface area (Å²) in [6.45, 7) is 0. The predicted octanol–water partition coefficient (Wildman–Crippen LogP) is 3.18. The van der Waals surface area contributed by atoms with Crippen molar-refractivity contribution in [1.29, 1.82) is 0 Å². The molecule has 0 aliphatic rings. The molecule has 5 heteroatoms. The Morgan fingerprint density at radius 1 is 1.25 bits per heavy atom. The SMILES string of the molecule is O=C(Cl)c1ccc(-c2cnccn2)cc1Cl. The van der Waals surface area contributed by atoms with Crippen LogP contribution in [0.3, 0.4) is 0 Å². The third-order valence-electron chi connectivity index (χ3n) is 2.04. The molecular weight excluding hydrogens is 247 g/mol. The molecule has 0 unspecified atom stereocenters. The van der Waals surface area contributed by atoms with Crippen molar-refractivity contribution >= 4 is 28.4 Å². The number of nitrogens with zero attached hydrogens (tertiary/aromatic N) is 2. The second kappa shape index (κ2) is 4.60. The standard InChI is InChI=1S/C11H6Cl2N2O/c12-9-5-7(1-2-8(9)11(13)16)10-6-14-3-4-15-10/h1-6H. The molecule has 0 bridgehead atoms. The smallest absolute Gasteiger partial charge is 0.253 e. The second-order valence-corrected chi connectivity index (χ2v) is 3.81. The van der Waals surface area contributed by atoms with Gasteiger partial charge in [-0.1, -0.05) is 17.7 Å². The first kappa shape index (κ1) is 11.0. The van der Waals surface area contributed by atoms with Gasteiger partial charge in [0.05, 0.1) is 22.5 Å². The number of carbonyl (C=O) groups is 1. The number of aromatic nitrogens is 2. The van der Waals surface area contributed by atoms with Gasteiger partial charge in [-0.2, -0.15) is 0 Å². The van der Waals surface area contributed by atoms with Gasteiger partial charge in [-0.15, -0.1) is 0 Å². The average molecular weight is 253 g/mol. The molecule has 0 spiro atoms. The number of rotatable bonds is 2. The van der Waals surface area contributed by atoms with E-state index in [1.807, 2.05) is 0 Å². The second-order valence-electron chi connectivity index (χ2n) is 3.06. The largest absolute Gasteiger partial charge is 0.276 e. The average Bonchev–Trinajstić information content (AvgIpc) is 2.29. The van der Waals surface area contributed by atoms with Crippen molar-refractivity contribution in [2.45, 2.75) is 0 Å². The van der Waals surface area contributed by atoms with E-state index in [1.165, 1.54) is 0 Å². The molecule has 0 N–H and O–H groups in total. The van der Waals surface area contributed by atoms with Gasteiger partial charge in [-0.05, 0) is 23.7 Å². The van der Waals surface area contributed by atoms with Crippen LogP contribution in [0.25, 0.3) is 11.3 Å². The van der Waals surface area contributed by atoms with Crippen LogP contribution in [-0.2, 0) is 0 Å². The van der Waals surface area contributed by atoms with Gasteiger partial charge < -0.3 is 0 Å². The van der Waals surface area contributed by atoms with Crippen molar-refractivity contribution in [2.75, 3.05) is 0 Å². The minimum atomic E-state index is -0.573. The fourth-order valence-electron chi connectivity index (χ4n) is 1.28. The fourth-order valence-corrected chi connectivity index (χ4v) is 1.76. The summed E-state index contributed by atoms with van der Waals surface area (Å²) in [6, 6.07) is 4.94. The fraction of sp³-hybridized carbons (Fsp3) is 0. The van der Waals surface area contributed by atoms with Crippen molar-refractivity contribution in [3.8, 4) is 11.3 Å². The van der Waals surface area contributed by atoms with E-state index in [2.05, 4.69) is 9.97 Å². The van der Waals surface area contributed by atoms with Crippen LogP contribution in [0.4, 0.5) is 0 Å². The quantitative estimate of drug-likeness (QED) is 0.772. The minimum Gasteiger partial charge on any atom is -0.276 e. The number of benzene rings is 1. The summed E-state index contributed by atoms with van der Waals surface area (Å²) in [5.74, 6) is 0. The number of carbonyl (C=O) groups excluding carboxylic acids is 1. The third-order valence-corrected chi connectivity index (χ3v) is 2.56. The molecule has 0 aliphatic heterocycles. The van der Waals surface area contributed by atoms with Crippen LogP contribution in [0.5, 0.6) is 0 Å². The monoisotopic (exact) mass is 252 g/mol. The molecule has 1 aromatic heterocycles. The molecule has 2 rings (SSSR count). The van der Waals surface area contributed by atoms with E-state index < -0.39 is 5.24 Å². The highest BCUT2D eigenvalue weighted by Crippen LogP contribution is 2.24. The summed E-state index contributed by atoms with van der Waals surface area (Å²) in [7, 11) is 0. The van der Waals surface area contributed by atoms with Crippen LogP contribution in [0.1, 0.15) is 10.4 Å². The van der Waals surface area contributed by atoms with Crippen LogP contribution in [-0.4, -0.2) is 15.2 Å². The van der Waals surface area contributed by atoms with E-state index in [0.717, 1.165) is 5.56 Å². The molecule has 80 valence electrons. The maximum Gasteiger partial charge on any atom is 0.253 e. The first-order valence-electron chi connectivity index (χ1n) is 4.44. The minimum absolute atomic E-state index is 0.288. The Hall–Kier alpha value is -1.45. The summed E-state index contributed by atoms with van der Waals surface area (Å²) in [4.78, 5) is 19.0. The maximum absolute atomic E-state index is 11.0. The molecule has 16 heavy (non-hydrogen) atoms. The maximum atomic E-state index is 11.0. The van der Waals surface area contributed by atoms with Gasteiger partial charge in [0.25, 0.3) is 5.24 Å². The molecule has 3 nitrogen and oxygen atoms in total. The van der Waals surface area contributed by atoms with E-state index >= 15 is 0 Å². The van der Waals surface area contributed by atoms with Crippen molar-refractivity contribution in [2.24, 2.45) is 0 Å². The molecule has 0 fully saturated rings. The highest BCUT2D eigenvalue weighted by Gasteiger charge is 2.09. The van der Waals surface area contributed by atoms with Gasteiger partial charge in [-0.25, -0.2) is 0 Å². The summed E-state index contributed by atoms with van der Waals surface area (Å²) in [6.07, 6.45) is 4.79. The van der Waals surface area contributed by atoms with Crippen LogP contribution < -0.4 is 0 Å². The lowest BCUT2D eigenvalue weighted by atomic mass is 10.1. The van der Waals surface area contributed by atoms with Crippen LogP contribution in [0, 0.1) is 0 Å².